The number of hydroxylamine groups is 2. The Labute approximate surface area is 244 Å². The van der Waals surface area contributed by atoms with Crippen molar-refractivity contribution in [3.63, 3.8) is 0 Å². The van der Waals surface area contributed by atoms with Gasteiger partial charge < -0.3 is 0 Å². The first kappa shape index (κ1) is 27.6. The molecule has 0 aliphatic carbocycles. The normalized spacial score (nSPS) is 17.8. The predicted molar refractivity (Wildman–Crippen MR) is 164 cm³/mol. The molecule has 3 aromatic carbocycles. The van der Waals surface area contributed by atoms with Gasteiger partial charge in [0, 0.05) is 0 Å². The van der Waals surface area contributed by atoms with E-state index in [1.807, 2.05) is 18.2 Å². The van der Waals surface area contributed by atoms with E-state index < -0.39 is 31.2 Å². The van der Waals surface area contributed by atoms with Crippen LogP contribution in [-0.4, -0.2) is 68.4 Å². The summed E-state index contributed by atoms with van der Waals surface area (Å²) in [5.74, 6) is 1.21. The van der Waals surface area contributed by atoms with Crippen LogP contribution in [0.15, 0.2) is 115 Å². The Morgan fingerprint density at radius 1 is 1.00 bits per heavy atom. The van der Waals surface area contributed by atoms with Gasteiger partial charge in [0.25, 0.3) is 0 Å². The van der Waals surface area contributed by atoms with Crippen LogP contribution in [0.5, 0.6) is 0 Å². The molecule has 3 heterocycles. The SMILES string of the molecule is COC(=O)C(C/C=C/[PH](c1ccccc1)(c1ccccc1)c1ccccc1)c1cn(C2=CC3CN(C2)C(=O)N3O)nn1. The van der Waals surface area contributed by atoms with Crippen LogP contribution in [0.1, 0.15) is 18.0 Å². The molecule has 2 bridgehead atoms. The third kappa shape index (κ3) is 5.02. The van der Waals surface area contributed by atoms with Crippen LogP contribution in [0.3, 0.4) is 0 Å². The molecule has 2 amide bonds. The molecule has 2 aliphatic heterocycles. The monoisotopic (exact) mass is 581 g/mol. The van der Waals surface area contributed by atoms with Crippen molar-refractivity contribution in [3.05, 3.63) is 121 Å². The number of esters is 1. The third-order valence-corrected chi connectivity index (χ3v) is 12.5. The summed E-state index contributed by atoms with van der Waals surface area (Å²) >= 11 is 0. The van der Waals surface area contributed by atoms with Crippen LogP contribution in [0.25, 0.3) is 5.70 Å². The molecule has 6 rings (SSSR count). The quantitative estimate of drug-likeness (QED) is 0.185. The number of amides is 2. The average molecular weight is 582 g/mol. The molecule has 1 fully saturated rings. The molecule has 42 heavy (non-hydrogen) atoms. The first-order valence-electron chi connectivity index (χ1n) is 13.8. The molecule has 4 aromatic rings. The third-order valence-electron chi connectivity index (χ3n) is 8.00. The minimum absolute atomic E-state index is 0.289. The summed E-state index contributed by atoms with van der Waals surface area (Å²) in [7, 11) is -1.26. The van der Waals surface area contributed by atoms with E-state index in [0.717, 1.165) is 5.06 Å². The molecule has 1 saturated heterocycles. The zero-order valence-electron chi connectivity index (χ0n) is 23.2. The topological polar surface area (TPSA) is 101 Å². The van der Waals surface area contributed by atoms with E-state index >= 15 is 0 Å². The summed E-state index contributed by atoms with van der Waals surface area (Å²) in [6.07, 6.45) is 5.94. The molecule has 2 atom stereocenters. The Balaban J connectivity index is 1.35. The number of benzene rings is 3. The van der Waals surface area contributed by atoms with Gasteiger partial charge in [-0.25, -0.2) is 0 Å². The van der Waals surface area contributed by atoms with Gasteiger partial charge in [-0.1, -0.05) is 0 Å². The average Bonchev–Trinajstić information content (AvgIpc) is 3.61. The summed E-state index contributed by atoms with van der Waals surface area (Å²) in [4.78, 5) is 26.7. The Bertz CT molecular complexity index is 1530. The summed E-state index contributed by atoms with van der Waals surface area (Å²) in [6, 6.07) is 30.7. The number of nitrogens with zero attached hydrogens (tertiary/aromatic N) is 5. The second-order valence-corrected chi connectivity index (χ2v) is 14.1. The van der Waals surface area contributed by atoms with Gasteiger partial charge in [-0.3, -0.25) is 0 Å². The molecular weight excluding hydrogens is 549 g/mol. The Morgan fingerprint density at radius 2 is 1.57 bits per heavy atom. The summed E-state index contributed by atoms with van der Waals surface area (Å²) < 4.78 is 6.75. The number of rotatable bonds is 9. The molecule has 2 aliphatic rings. The molecule has 214 valence electrons. The summed E-state index contributed by atoms with van der Waals surface area (Å²) in [5.41, 5.74) is 1.18. The number of allylic oxidation sites excluding steroid dienone is 1. The molecule has 0 radical (unpaired) electrons. The zero-order valence-corrected chi connectivity index (χ0v) is 24.2. The first-order valence-corrected chi connectivity index (χ1v) is 15.9. The zero-order chi connectivity index (χ0) is 29.1. The number of hydrogen-bond donors (Lipinski definition) is 1. The second-order valence-electron chi connectivity index (χ2n) is 10.4. The summed E-state index contributed by atoms with van der Waals surface area (Å²) in [5, 5.41) is 23.1. The van der Waals surface area contributed by atoms with Crippen LogP contribution in [-0.2, 0) is 9.53 Å². The van der Waals surface area contributed by atoms with Crippen molar-refractivity contribution in [3.8, 4) is 0 Å². The Morgan fingerprint density at radius 3 is 2.10 bits per heavy atom. The number of fused-ring (bicyclic) bond motifs is 2. The fourth-order valence-corrected chi connectivity index (χ4v) is 10.1. The van der Waals surface area contributed by atoms with Crippen molar-refractivity contribution < 1.29 is 19.5 Å². The van der Waals surface area contributed by atoms with Gasteiger partial charge in [0.1, 0.15) is 0 Å². The molecule has 1 aromatic heterocycles. The van der Waals surface area contributed by atoms with Crippen molar-refractivity contribution >= 4 is 40.9 Å². The van der Waals surface area contributed by atoms with E-state index in [4.69, 9.17) is 4.74 Å². The van der Waals surface area contributed by atoms with Crippen LogP contribution in [0, 0.1) is 0 Å². The van der Waals surface area contributed by atoms with Crippen molar-refractivity contribution in [2.24, 2.45) is 0 Å². The molecule has 2 unspecified atom stereocenters. The number of methoxy groups -OCH3 is 1. The molecule has 0 spiro atoms. The molecule has 9 nitrogen and oxygen atoms in total. The molecule has 1 N–H and O–H groups in total. The van der Waals surface area contributed by atoms with E-state index in [1.165, 1.54) is 23.0 Å². The van der Waals surface area contributed by atoms with Crippen LogP contribution in [0.2, 0.25) is 0 Å². The van der Waals surface area contributed by atoms with Gasteiger partial charge in [-0.05, 0) is 0 Å². The van der Waals surface area contributed by atoms with Gasteiger partial charge in [0.15, 0.2) is 0 Å². The van der Waals surface area contributed by atoms with Gasteiger partial charge in [-0.2, -0.15) is 0 Å². The van der Waals surface area contributed by atoms with Gasteiger partial charge in [0.05, 0.1) is 0 Å². The van der Waals surface area contributed by atoms with E-state index in [0.29, 0.717) is 24.4 Å². The Kier molecular flexibility index (Phi) is 7.69. The van der Waals surface area contributed by atoms with Gasteiger partial charge in [-0.15, -0.1) is 0 Å². The number of ether oxygens (including phenoxy) is 1. The fraction of sp³-hybridized carbons (Fsp3) is 0.188. The number of carbonyl (C=O) groups is 2. The van der Waals surface area contributed by atoms with E-state index in [9.17, 15) is 14.8 Å². The van der Waals surface area contributed by atoms with Crippen molar-refractivity contribution in [1.82, 2.24) is 25.0 Å². The first-order chi connectivity index (χ1) is 20.5. The number of hydrogen-bond acceptors (Lipinski definition) is 6. The van der Waals surface area contributed by atoms with Crippen LogP contribution < -0.4 is 15.9 Å². The van der Waals surface area contributed by atoms with Crippen molar-refractivity contribution in [2.45, 2.75) is 18.4 Å². The van der Waals surface area contributed by atoms with E-state index in [2.05, 4.69) is 95.0 Å². The Hall–Kier alpha value is -4.59. The summed E-state index contributed by atoms with van der Waals surface area (Å²) in [6.45, 7) is 0.711. The predicted octanol–water partition coefficient (Wildman–Crippen LogP) is 3.51. The molecular formula is C32H32N5O4P. The number of carbonyl (C=O) groups excluding carboxylic acids is 2. The standard InChI is InChI=1S/C32H32N5O4P/c1-41-31(38)29(30-23-36(34-33-30)24-20-25-22-35(21-24)32(39)37(25)40)18-11-19-42(26-12-5-2-6-13-26,27-14-7-3-8-15-27)28-16-9-4-10-17-28/h2-17,19-20,23,25,29,40,42H,18,21-22H2,1H3/b19-11+. The number of aromatic nitrogens is 3. The minimum atomic E-state index is -2.63. The van der Waals surface area contributed by atoms with Crippen LogP contribution in [0.4, 0.5) is 4.79 Å². The number of urea groups is 1. The maximum atomic E-state index is 13.0. The van der Waals surface area contributed by atoms with Crippen molar-refractivity contribution in [1.29, 1.82) is 0 Å². The fourth-order valence-electron chi connectivity index (χ4n) is 5.87. The van der Waals surface area contributed by atoms with E-state index in [1.54, 1.807) is 21.9 Å². The van der Waals surface area contributed by atoms with Gasteiger partial charge in [0.2, 0.25) is 0 Å². The van der Waals surface area contributed by atoms with Gasteiger partial charge >= 0.3 is 245 Å². The molecule has 10 heteroatoms. The van der Waals surface area contributed by atoms with E-state index in [-0.39, 0.29) is 6.54 Å². The maximum absolute atomic E-state index is 13.0. The molecule has 0 saturated carbocycles. The van der Waals surface area contributed by atoms with Crippen LogP contribution >= 0.6 is 7.26 Å². The van der Waals surface area contributed by atoms with Crippen molar-refractivity contribution in [2.75, 3.05) is 20.2 Å². The second kappa shape index (κ2) is 11.7.